The zero-order valence-electron chi connectivity index (χ0n) is 14.7. The van der Waals surface area contributed by atoms with Gasteiger partial charge in [-0.15, -0.1) is 0 Å². The third-order valence-corrected chi connectivity index (χ3v) is 7.47. The van der Waals surface area contributed by atoms with Gasteiger partial charge in [-0.25, -0.2) is 17.1 Å². The number of aryl methyl sites for hydroxylation is 1. The number of benzene rings is 1. The molecule has 1 aliphatic heterocycles. The fourth-order valence-electron chi connectivity index (χ4n) is 4.30. The van der Waals surface area contributed by atoms with Gasteiger partial charge in [-0.1, -0.05) is 30.6 Å². The van der Waals surface area contributed by atoms with Crippen LogP contribution in [0.5, 0.6) is 0 Å². The van der Waals surface area contributed by atoms with E-state index in [-0.39, 0.29) is 22.9 Å². The van der Waals surface area contributed by atoms with Crippen LogP contribution in [0.15, 0.2) is 28.8 Å². The smallest absolute Gasteiger partial charge is 0.226 e. The number of aromatic nitrogens is 2. The van der Waals surface area contributed by atoms with Crippen LogP contribution in [0.1, 0.15) is 43.5 Å². The zero-order chi connectivity index (χ0) is 18.4. The molecule has 2 heterocycles. The fourth-order valence-corrected chi connectivity index (χ4v) is 5.93. The first-order valence-corrected chi connectivity index (χ1v) is 10.6. The van der Waals surface area contributed by atoms with Crippen molar-refractivity contribution < 1.29 is 17.3 Å². The Morgan fingerprint density at radius 3 is 2.81 bits per heavy atom. The first-order valence-electron chi connectivity index (χ1n) is 8.98. The molecule has 4 rings (SSSR count). The molecule has 1 saturated heterocycles. The summed E-state index contributed by atoms with van der Waals surface area (Å²) in [5, 5.41) is 4.16. The molecular weight excluding hydrogens is 357 g/mol. The van der Waals surface area contributed by atoms with Crippen LogP contribution < -0.4 is 0 Å². The summed E-state index contributed by atoms with van der Waals surface area (Å²) in [6.45, 7) is 2.83. The molecule has 0 radical (unpaired) electrons. The van der Waals surface area contributed by atoms with E-state index in [4.69, 9.17) is 4.52 Å². The van der Waals surface area contributed by atoms with Crippen molar-refractivity contribution in [1.29, 1.82) is 0 Å². The number of halogens is 1. The van der Waals surface area contributed by atoms with Gasteiger partial charge in [-0.3, -0.25) is 0 Å². The Balaban J connectivity index is 1.58. The number of rotatable bonds is 5. The lowest BCUT2D eigenvalue weighted by Gasteiger charge is -2.24. The van der Waals surface area contributed by atoms with E-state index in [9.17, 15) is 12.8 Å². The molecule has 1 aromatic carbocycles. The maximum absolute atomic E-state index is 13.1. The van der Waals surface area contributed by atoms with E-state index in [0.717, 1.165) is 19.3 Å². The maximum atomic E-state index is 13.1. The van der Waals surface area contributed by atoms with Gasteiger partial charge in [0.2, 0.25) is 15.9 Å². The Morgan fingerprint density at radius 1 is 1.35 bits per heavy atom. The molecule has 1 aliphatic carbocycles. The molecule has 0 amide bonds. The summed E-state index contributed by atoms with van der Waals surface area (Å²) in [5.74, 6) is 0.962. The Kier molecular flexibility index (Phi) is 4.35. The normalized spacial score (nSPS) is 26.3. The Morgan fingerprint density at radius 2 is 2.12 bits per heavy atom. The van der Waals surface area contributed by atoms with E-state index in [1.165, 1.54) is 24.3 Å². The Labute approximate surface area is 152 Å². The predicted octanol–water partition coefficient (Wildman–Crippen LogP) is 2.65. The van der Waals surface area contributed by atoms with Crippen molar-refractivity contribution in [2.45, 2.75) is 43.8 Å². The summed E-state index contributed by atoms with van der Waals surface area (Å²) in [6.07, 6.45) is 3.56. The second-order valence-corrected chi connectivity index (χ2v) is 9.25. The molecule has 0 N–H and O–H groups in total. The van der Waals surface area contributed by atoms with Crippen LogP contribution in [0.4, 0.5) is 4.39 Å². The van der Waals surface area contributed by atoms with Gasteiger partial charge >= 0.3 is 0 Å². The molecule has 140 valence electrons. The van der Waals surface area contributed by atoms with Crippen LogP contribution in [-0.2, 0) is 27.6 Å². The summed E-state index contributed by atoms with van der Waals surface area (Å²) >= 11 is 0. The van der Waals surface area contributed by atoms with Crippen molar-refractivity contribution in [3.8, 4) is 0 Å². The van der Waals surface area contributed by atoms with Crippen molar-refractivity contribution in [2.75, 3.05) is 13.1 Å². The summed E-state index contributed by atoms with van der Waals surface area (Å²) < 4.78 is 45.8. The average molecular weight is 379 g/mol. The molecule has 1 aromatic heterocycles. The van der Waals surface area contributed by atoms with Gasteiger partial charge in [0.25, 0.3) is 0 Å². The topological polar surface area (TPSA) is 76.3 Å². The van der Waals surface area contributed by atoms with Crippen LogP contribution in [0.2, 0.25) is 0 Å². The van der Waals surface area contributed by atoms with Gasteiger partial charge < -0.3 is 4.52 Å². The van der Waals surface area contributed by atoms with Crippen molar-refractivity contribution in [3.05, 3.63) is 47.4 Å². The van der Waals surface area contributed by atoms with Gasteiger partial charge in [-0.05, 0) is 36.5 Å². The van der Waals surface area contributed by atoms with Crippen LogP contribution >= 0.6 is 0 Å². The highest BCUT2D eigenvalue weighted by atomic mass is 32.2. The largest absolute Gasteiger partial charge is 0.339 e. The number of sulfonamides is 1. The molecule has 2 aliphatic rings. The Hall–Kier alpha value is -1.80. The van der Waals surface area contributed by atoms with Crippen molar-refractivity contribution in [3.63, 3.8) is 0 Å². The number of hydrogen-bond acceptors (Lipinski definition) is 5. The Bertz CT molecular complexity index is 897. The van der Waals surface area contributed by atoms with E-state index in [2.05, 4.69) is 10.1 Å². The minimum absolute atomic E-state index is 0.122. The number of nitrogens with zero attached hydrogens (tertiary/aromatic N) is 3. The van der Waals surface area contributed by atoms with E-state index in [1.807, 2.05) is 6.92 Å². The second-order valence-electron chi connectivity index (χ2n) is 7.29. The third-order valence-electron chi connectivity index (χ3n) is 5.71. The van der Waals surface area contributed by atoms with Gasteiger partial charge in [-0.2, -0.15) is 4.98 Å². The summed E-state index contributed by atoms with van der Waals surface area (Å²) in [7, 11) is -3.49. The maximum Gasteiger partial charge on any atom is 0.226 e. The van der Waals surface area contributed by atoms with Crippen LogP contribution in [0.25, 0.3) is 0 Å². The lowest BCUT2D eigenvalue weighted by molar-refractivity contribution is 0.329. The first kappa shape index (κ1) is 17.6. The molecule has 2 aromatic rings. The van der Waals surface area contributed by atoms with Gasteiger partial charge in [0, 0.05) is 19.5 Å². The average Bonchev–Trinajstić information content (AvgIpc) is 3.29. The summed E-state index contributed by atoms with van der Waals surface area (Å²) in [6, 6.07) is 5.62. The first-order chi connectivity index (χ1) is 12.4. The molecular formula is C18H22FN3O3S. The van der Waals surface area contributed by atoms with E-state index in [0.29, 0.717) is 36.8 Å². The molecule has 26 heavy (non-hydrogen) atoms. The van der Waals surface area contributed by atoms with Gasteiger partial charge in [0.1, 0.15) is 5.82 Å². The van der Waals surface area contributed by atoms with Crippen molar-refractivity contribution >= 4 is 10.0 Å². The highest BCUT2D eigenvalue weighted by Gasteiger charge is 2.55. The quantitative estimate of drug-likeness (QED) is 0.798. The molecule has 6 nitrogen and oxygen atoms in total. The van der Waals surface area contributed by atoms with Gasteiger partial charge in [0.05, 0.1) is 11.2 Å². The summed E-state index contributed by atoms with van der Waals surface area (Å²) in [4.78, 5) is 4.51. The molecule has 0 unspecified atom stereocenters. The minimum atomic E-state index is -3.49. The predicted molar refractivity (Wildman–Crippen MR) is 93.3 cm³/mol. The molecule has 8 heteroatoms. The van der Waals surface area contributed by atoms with Crippen LogP contribution in [0.3, 0.4) is 0 Å². The van der Waals surface area contributed by atoms with Crippen molar-refractivity contribution in [1.82, 2.24) is 14.4 Å². The standard InChI is InChI=1S/C18H22FN3O3S/c1-2-16-20-17(21-25-16)18-9-3-4-14(18)10-22(12-18)26(23,24)11-13-5-7-15(19)8-6-13/h5-8,14H,2-4,9-12H2,1H3/t14-,18-/m1/s1. The van der Waals surface area contributed by atoms with E-state index < -0.39 is 10.0 Å². The number of fused-ring (bicyclic) bond motifs is 1. The SMILES string of the molecule is CCc1nc([C@@]23CCC[C@@H]2CN(S(=O)(=O)Cc2ccc(F)cc2)C3)no1. The third kappa shape index (κ3) is 2.95. The second kappa shape index (κ2) is 6.42. The number of hydrogen-bond donors (Lipinski definition) is 0. The minimum Gasteiger partial charge on any atom is -0.339 e. The molecule has 0 spiro atoms. The molecule has 2 fully saturated rings. The highest BCUT2D eigenvalue weighted by molar-refractivity contribution is 7.88. The summed E-state index contributed by atoms with van der Waals surface area (Å²) in [5.41, 5.74) is 0.248. The monoisotopic (exact) mass is 379 g/mol. The molecule has 0 bridgehead atoms. The van der Waals surface area contributed by atoms with Crippen molar-refractivity contribution in [2.24, 2.45) is 5.92 Å². The lowest BCUT2D eigenvalue weighted by atomic mass is 9.80. The van der Waals surface area contributed by atoms with Crippen LogP contribution in [-0.4, -0.2) is 36.0 Å². The molecule has 1 saturated carbocycles. The van der Waals surface area contributed by atoms with Gasteiger partial charge in [0.15, 0.2) is 5.82 Å². The van der Waals surface area contributed by atoms with E-state index in [1.54, 1.807) is 4.31 Å². The van der Waals surface area contributed by atoms with Crippen LogP contribution in [0, 0.1) is 11.7 Å². The lowest BCUT2D eigenvalue weighted by Crippen LogP contribution is -2.36. The highest BCUT2D eigenvalue weighted by Crippen LogP contribution is 2.50. The zero-order valence-corrected chi connectivity index (χ0v) is 15.5. The molecule has 2 atom stereocenters. The van der Waals surface area contributed by atoms with E-state index >= 15 is 0 Å². The fraction of sp³-hybridized carbons (Fsp3) is 0.556.